The predicted octanol–water partition coefficient (Wildman–Crippen LogP) is 1.77. The molecular weight excluding hydrogens is 142 g/mol. The van der Waals surface area contributed by atoms with Crippen LogP contribution in [0.4, 0.5) is 4.39 Å². The van der Waals surface area contributed by atoms with E-state index in [0.29, 0.717) is 6.29 Å². The molecule has 1 nitrogen and oxygen atoms in total. The van der Waals surface area contributed by atoms with E-state index in [1.54, 1.807) is 12.1 Å². The Bertz CT molecular complexity index is 220. The molecule has 1 aromatic rings. The van der Waals surface area contributed by atoms with Gasteiger partial charge in [-0.05, 0) is 5.56 Å². The van der Waals surface area contributed by atoms with Crippen LogP contribution in [0.1, 0.15) is 5.56 Å². The molecule has 11 heavy (non-hydrogen) atoms. The van der Waals surface area contributed by atoms with Crippen molar-refractivity contribution in [1.82, 2.24) is 0 Å². The zero-order valence-corrected chi connectivity index (χ0v) is 6.03. The van der Waals surface area contributed by atoms with Gasteiger partial charge in [-0.3, -0.25) is 0 Å². The molecule has 2 heteroatoms. The summed E-state index contributed by atoms with van der Waals surface area (Å²) in [4.78, 5) is 9.93. The maximum atomic E-state index is 12.4. The molecule has 58 valence electrons. The van der Waals surface area contributed by atoms with Crippen molar-refractivity contribution < 1.29 is 9.18 Å². The summed E-state index contributed by atoms with van der Waals surface area (Å²) in [5.41, 5.74) is 0.854. The first-order valence-corrected chi connectivity index (χ1v) is 3.46. The molecule has 0 heterocycles. The highest BCUT2D eigenvalue weighted by atomic mass is 18.2. The predicted molar refractivity (Wildman–Crippen MR) is 41.1 cm³/mol. The summed E-state index contributed by atoms with van der Waals surface area (Å²) in [6.07, 6.45) is -0.852. The maximum absolute atomic E-state index is 12.4. The van der Waals surface area contributed by atoms with Crippen molar-refractivity contribution in [3.8, 4) is 0 Å². The minimum Gasteiger partial charge on any atom is -0.300 e. The van der Waals surface area contributed by atoms with E-state index in [0.717, 1.165) is 5.56 Å². The van der Waals surface area contributed by atoms with Gasteiger partial charge in [-0.25, -0.2) is 4.39 Å². The van der Waals surface area contributed by atoms with Crippen molar-refractivity contribution in [3.05, 3.63) is 35.9 Å². The first-order chi connectivity index (χ1) is 5.33. The van der Waals surface area contributed by atoms with E-state index in [-0.39, 0.29) is 6.42 Å². The molecule has 0 saturated heterocycles. The third-order valence-corrected chi connectivity index (χ3v) is 1.42. The summed E-state index contributed by atoms with van der Waals surface area (Å²) < 4.78 is 12.4. The topological polar surface area (TPSA) is 17.1 Å². The average molecular weight is 151 g/mol. The minimum atomic E-state index is -1.36. The molecule has 0 aliphatic rings. The van der Waals surface area contributed by atoms with Crippen LogP contribution in [-0.4, -0.2) is 12.5 Å². The number of alkyl halides is 1. The van der Waals surface area contributed by atoms with Crippen molar-refractivity contribution in [2.24, 2.45) is 0 Å². The highest BCUT2D eigenvalue weighted by Gasteiger charge is 2.03. The smallest absolute Gasteiger partial charge is 0.159 e. The number of halogens is 1. The Labute approximate surface area is 64.9 Å². The van der Waals surface area contributed by atoms with Crippen LogP contribution < -0.4 is 0 Å². The van der Waals surface area contributed by atoms with E-state index >= 15 is 0 Å². The second kappa shape index (κ2) is 3.86. The number of hydrogen-bond donors (Lipinski definition) is 0. The first kappa shape index (κ1) is 7.92. The van der Waals surface area contributed by atoms with Crippen molar-refractivity contribution in [2.45, 2.75) is 12.6 Å². The fourth-order valence-corrected chi connectivity index (χ4v) is 0.887. The SMILES string of the molecule is O=C[C@@H]([18F])Cc1ccccc1. The Kier molecular flexibility index (Phi) is 2.78. The van der Waals surface area contributed by atoms with E-state index < -0.39 is 6.17 Å². The summed E-state index contributed by atoms with van der Waals surface area (Å²) >= 11 is 0. The van der Waals surface area contributed by atoms with Crippen molar-refractivity contribution in [2.75, 3.05) is 0 Å². The summed E-state index contributed by atoms with van der Waals surface area (Å²) in [6, 6.07) is 9.11. The zero-order chi connectivity index (χ0) is 8.10. The number of benzene rings is 1. The maximum Gasteiger partial charge on any atom is 0.159 e. The van der Waals surface area contributed by atoms with E-state index in [9.17, 15) is 9.18 Å². The Hall–Kier alpha value is -1.18. The van der Waals surface area contributed by atoms with Crippen LogP contribution in [0.2, 0.25) is 0 Å². The number of hydrogen-bond acceptors (Lipinski definition) is 1. The molecule has 0 fully saturated rings. The number of carbonyl (C=O) groups is 1. The van der Waals surface area contributed by atoms with Gasteiger partial charge >= 0.3 is 0 Å². The number of aldehydes is 1. The molecule has 0 spiro atoms. The normalized spacial score (nSPS) is 12.5. The van der Waals surface area contributed by atoms with Crippen LogP contribution in [0, 0.1) is 0 Å². The lowest BCUT2D eigenvalue weighted by Gasteiger charge is -1.98. The Morgan fingerprint density at radius 1 is 1.36 bits per heavy atom. The van der Waals surface area contributed by atoms with Gasteiger partial charge in [0.2, 0.25) is 0 Å². The molecule has 1 rings (SSSR count). The van der Waals surface area contributed by atoms with Gasteiger partial charge in [-0.1, -0.05) is 30.3 Å². The molecule has 1 atom stereocenters. The molecule has 0 radical (unpaired) electrons. The Balaban J connectivity index is 2.57. The van der Waals surface area contributed by atoms with Crippen LogP contribution in [0.25, 0.3) is 0 Å². The van der Waals surface area contributed by atoms with Crippen molar-refractivity contribution in [3.63, 3.8) is 0 Å². The number of rotatable bonds is 3. The Morgan fingerprint density at radius 3 is 2.55 bits per heavy atom. The van der Waals surface area contributed by atoms with Crippen molar-refractivity contribution in [1.29, 1.82) is 0 Å². The number of carbonyl (C=O) groups excluding carboxylic acids is 1. The monoisotopic (exact) mass is 151 g/mol. The molecule has 0 bridgehead atoms. The molecule has 0 saturated carbocycles. The van der Waals surface area contributed by atoms with Crippen LogP contribution in [0.3, 0.4) is 0 Å². The van der Waals surface area contributed by atoms with Crippen LogP contribution in [-0.2, 0) is 11.2 Å². The van der Waals surface area contributed by atoms with Gasteiger partial charge in [0, 0.05) is 6.42 Å². The van der Waals surface area contributed by atoms with E-state index in [1.165, 1.54) is 0 Å². The standard InChI is InChI=1S/C9H9FO/c10-9(7-11)6-8-4-2-1-3-5-8/h1-5,7,9H,6H2/t9-/m0/s1/i10-1. The average Bonchev–Trinajstić information content (AvgIpc) is 2.06. The fourth-order valence-electron chi connectivity index (χ4n) is 0.887. The summed E-state index contributed by atoms with van der Waals surface area (Å²) in [6.45, 7) is 0. The van der Waals surface area contributed by atoms with Crippen LogP contribution >= 0.6 is 0 Å². The molecule has 1 aromatic carbocycles. The highest BCUT2D eigenvalue weighted by Crippen LogP contribution is 2.03. The fraction of sp³-hybridized carbons (Fsp3) is 0.222. The van der Waals surface area contributed by atoms with Gasteiger partial charge in [0.1, 0.15) is 0 Å². The Morgan fingerprint density at radius 2 is 2.00 bits per heavy atom. The van der Waals surface area contributed by atoms with E-state index in [1.807, 2.05) is 18.2 Å². The third-order valence-electron chi connectivity index (χ3n) is 1.42. The lowest BCUT2D eigenvalue weighted by atomic mass is 10.1. The molecule has 0 amide bonds. The van der Waals surface area contributed by atoms with Crippen LogP contribution in [0.15, 0.2) is 30.3 Å². The first-order valence-electron chi connectivity index (χ1n) is 3.46. The minimum absolute atomic E-state index is 0.185. The summed E-state index contributed by atoms with van der Waals surface area (Å²) in [5.74, 6) is 0. The van der Waals surface area contributed by atoms with Gasteiger partial charge in [0.25, 0.3) is 0 Å². The highest BCUT2D eigenvalue weighted by molar-refractivity contribution is 5.56. The second-order valence-corrected chi connectivity index (χ2v) is 2.34. The quantitative estimate of drug-likeness (QED) is 0.601. The van der Waals surface area contributed by atoms with Crippen LogP contribution in [0.5, 0.6) is 0 Å². The van der Waals surface area contributed by atoms with E-state index in [2.05, 4.69) is 0 Å². The van der Waals surface area contributed by atoms with Gasteiger partial charge in [0.05, 0.1) is 0 Å². The molecule has 0 N–H and O–H groups in total. The molecule has 0 aliphatic carbocycles. The third kappa shape index (κ3) is 2.50. The summed E-state index contributed by atoms with van der Waals surface area (Å²) in [5, 5.41) is 0. The molecule has 0 aliphatic heterocycles. The molecule has 0 unspecified atom stereocenters. The van der Waals surface area contributed by atoms with Gasteiger partial charge < -0.3 is 4.79 Å². The second-order valence-electron chi connectivity index (χ2n) is 2.34. The largest absolute Gasteiger partial charge is 0.300 e. The zero-order valence-electron chi connectivity index (χ0n) is 6.03. The summed E-state index contributed by atoms with van der Waals surface area (Å²) in [7, 11) is 0. The molecular formula is C9H9FO. The van der Waals surface area contributed by atoms with Gasteiger partial charge in [-0.2, -0.15) is 0 Å². The lowest BCUT2D eigenvalue weighted by molar-refractivity contribution is -0.111. The van der Waals surface area contributed by atoms with Crippen molar-refractivity contribution >= 4 is 6.29 Å². The van der Waals surface area contributed by atoms with E-state index in [4.69, 9.17) is 0 Å². The molecule has 0 aromatic heterocycles. The van der Waals surface area contributed by atoms with Gasteiger partial charge in [0.15, 0.2) is 12.5 Å². The van der Waals surface area contributed by atoms with Gasteiger partial charge in [-0.15, -0.1) is 0 Å². The lowest BCUT2D eigenvalue weighted by Crippen LogP contribution is -2.04.